The molecule has 2 aromatic carbocycles. The molecule has 0 saturated heterocycles. The van der Waals surface area contributed by atoms with Gasteiger partial charge in [-0.15, -0.1) is 0 Å². The minimum atomic E-state index is -3.81. The van der Waals surface area contributed by atoms with Crippen molar-refractivity contribution in [1.82, 2.24) is 14.9 Å². The second kappa shape index (κ2) is 14.9. The van der Waals surface area contributed by atoms with Gasteiger partial charge in [0.05, 0.1) is 31.3 Å². The van der Waals surface area contributed by atoms with Crippen molar-refractivity contribution in [3.8, 4) is 5.75 Å². The number of sulfonamides is 1. The number of phenols is 1. The van der Waals surface area contributed by atoms with Crippen LogP contribution in [0.2, 0.25) is 10.0 Å². The third-order valence-electron chi connectivity index (χ3n) is 6.38. The molecule has 228 valence electrons. The highest BCUT2D eigenvalue weighted by Crippen LogP contribution is 2.34. The quantitative estimate of drug-likeness (QED) is 0.266. The molecule has 0 aliphatic heterocycles. The molecule has 1 aliphatic carbocycles. The summed E-state index contributed by atoms with van der Waals surface area (Å²) >= 11 is 12.5. The first-order valence-corrected chi connectivity index (χ1v) is 15.6. The first-order valence-electron chi connectivity index (χ1n) is 13.4. The van der Waals surface area contributed by atoms with E-state index < -0.39 is 21.7 Å². The van der Waals surface area contributed by atoms with Crippen LogP contribution >= 0.6 is 23.2 Å². The van der Waals surface area contributed by atoms with Crippen LogP contribution in [0.5, 0.6) is 5.75 Å². The summed E-state index contributed by atoms with van der Waals surface area (Å²) in [7, 11) is -1.88. The Kier molecular flexibility index (Phi) is 12.1. The van der Waals surface area contributed by atoms with Gasteiger partial charge in [0.1, 0.15) is 11.4 Å². The normalized spacial score (nSPS) is 15.2. The van der Waals surface area contributed by atoms with Gasteiger partial charge in [0.25, 0.3) is 0 Å². The van der Waals surface area contributed by atoms with Gasteiger partial charge >= 0.3 is 6.09 Å². The largest absolute Gasteiger partial charge is 0.508 e. The minimum absolute atomic E-state index is 0.0250. The van der Waals surface area contributed by atoms with Crippen LogP contribution in [0.15, 0.2) is 35.2 Å². The summed E-state index contributed by atoms with van der Waals surface area (Å²) in [5, 5.41) is 14.3. The second-order valence-electron chi connectivity index (χ2n) is 10.8. The van der Waals surface area contributed by atoms with Crippen LogP contribution < -0.4 is 10.0 Å². The van der Waals surface area contributed by atoms with E-state index in [0.717, 1.165) is 24.0 Å². The number of likely N-dealkylation sites (N-methyl/N-ethyl adjacent to an activating group) is 1. The molecular formula is C28H39Cl2N3O7S. The molecule has 0 radical (unpaired) electrons. The summed E-state index contributed by atoms with van der Waals surface area (Å²) in [5.41, 5.74) is 2.12. The van der Waals surface area contributed by atoms with Gasteiger partial charge in [0, 0.05) is 41.3 Å². The zero-order valence-corrected chi connectivity index (χ0v) is 26.2. The molecule has 1 amide bonds. The molecule has 0 aromatic heterocycles. The number of alkyl carbamates (subject to hydrolysis) is 1. The van der Waals surface area contributed by atoms with Gasteiger partial charge < -0.3 is 24.6 Å². The van der Waals surface area contributed by atoms with Gasteiger partial charge in [-0.3, -0.25) is 4.90 Å². The molecule has 13 heteroatoms. The fourth-order valence-electron chi connectivity index (χ4n) is 4.39. The molecular weight excluding hydrogens is 593 g/mol. The minimum Gasteiger partial charge on any atom is -0.508 e. The van der Waals surface area contributed by atoms with Crippen molar-refractivity contribution in [2.24, 2.45) is 0 Å². The number of fused-ring (bicyclic) bond motifs is 1. The number of nitrogens with one attached hydrogen (secondary N) is 2. The van der Waals surface area contributed by atoms with Gasteiger partial charge in [0.15, 0.2) is 0 Å². The van der Waals surface area contributed by atoms with E-state index in [9.17, 15) is 18.3 Å². The molecule has 2 aromatic rings. The molecule has 0 heterocycles. The number of ether oxygens (including phenoxy) is 3. The monoisotopic (exact) mass is 631 g/mol. The Bertz CT molecular complexity index is 1300. The molecule has 0 saturated carbocycles. The van der Waals surface area contributed by atoms with Gasteiger partial charge in [-0.25, -0.2) is 17.9 Å². The number of hydrogen-bond acceptors (Lipinski definition) is 8. The molecule has 10 nitrogen and oxygen atoms in total. The lowest BCUT2D eigenvalue weighted by molar-refractivity contribution is 0.0408. The van der Waals surface area contributed by atoms with Crippen molar-refractivity contribution in [3.63, 3.8) is 0 Å². The van der Waals surface area contributed by atoms with Crippen LogP contribution in [0.1, 0.15) is 37.5 Å². The highest BCUT2D eigenvalue weighted by atomic mass is 35.5. The van der Waals surface area contributed by atoms with Crippen molar-refractivity contribution in [3.05, 3.63) is 57.1 Å². The second-order valence-corrected chi connectivity index (χ2v) is 13.5. The van der Waals surface area contributed by atoms with Gasteiger partial charge in [0.2, 0.25) is 10.0 Å². The first kappa shape index (κ1) is 33.4. The third kappa shape index (κ3) is 10.6. The van der Waals surface area contributed by atoms with E-state index in [1.165, 1.54) is 18.2 Å². The highest BCUT2D eigenvalue weighted by molar-refractivity contribution is 7.89. The number of benzene rings is 2. The van der Waals surface area contributed by atoms with E-state index >= 15 is 0 Å². The van der Waals surface area contributed by atoms with Crippen LogP contribution in [0.4, 0.5) is 4.79 Å². The first-order chi connectivity index (χ1) is 19.2. The van der Waals surface area contributed by atoms with Crippen LogP contribution in [-0.2, 0) is 43.6 Å². The Morgan fingerprint density at radius 2 is 1.73 bits per heavy atom. The topological polar surface area (TPSA) is 126 Å². The molecule has 3 N–H and O–H groups in total. The number of phenolic OH excluding ortho intramolecular Hbond substituents is 1. The number of carbonyl (C=O) groups excluding carboxylic acids is 1. The summed E-state index contributed by atoms with van der Waals surface area (Å²) in [4.78, 5) is 13.7. The van der Waals surface area contributed by atoms with Crippen LogP contribution in [-0.4, -0.2) is 82.7 Å². The van der Waals surface area contributed by atoms with Crippen molar-refractivity contribution in [1.29, 1.82) is 0 Å². The van der Waals surface area contributed by atoms with E-state index in [1.807, 2.05) is 13.1 Å². The van der Waals surface area contributed by atoms with E-state index in [2.05, 4.69) is 14.9 Å². The molecule has 0 fully saturated rings. The predicted molar refractivity (Wildman–Crippen MR) is 158 cm³/mol. The summed E-state index contributed by atoms with van der Waals surface area (Å²) in [5.74, 6) is 0.0250. The summed E-state index contributed by atoms with van der Waals surface area (Å²) in [6.07, 6.45) is 1.00. The van der Waals surface area contributed by atoms with Crippen molar-refractivity contribution >= 4 is 39.3 Å². The van der Waals surface area contributed by atoms with Crippen molar-refractivity contribution in [2.75, 3.05) is 46.6 Å². The summed E-state index contributed by atoms with van der Waals surface area (Å²) in [6, 6.07) is 8.06. The molecule has 41 heavy (non-hydrogen) atoms. The van der Waals surface area contributed by atoms with Crippen LogP contribution in [0.25, 0.3) is 0 Å². The number of aromatic hydroxyl groups is 1. The molecule has 1 unspecified atom stereocenters. The van der Waals surface area contributed by atoms with Gasteiger partial charge in [-0.1, -0.05) is 23.2 Å². The maximum Gasteiger partial charge on any atom is 0.407 e. The number of nitrogens with zero attached hydrogens (tertiary/aromatic N) is 1. The highest BCUT2D eigenvalue weighted by Gasteiger charge is 2.28. The van der Waals surface area contributed by atoms with Crippen LogP contribution in [0, 0.1) is 0 Å². The number of carbonyl (C=O) groups is 1. The Morgan fingerprint density at radius 1 is 1.05 bits per heavy atom. The standard InChI is InChI=1S/C28H39Cl2N3O7S/c1-28(2,3)40-27(35)31-7-9-38-11-12-39-10-8-32-41(36,37)23-5-6-26(34)20(15-23)18-33(4)22-14-19-13-21(29)16-25(30)24(19)17-22/h5-6,13,15-16,22,32,34H,7-12,14,17-18H2,1-4H3,(H,31,35). The fourth-order valence-corrected chi connectivity index (χ4v) is 6.06. The van der Waals surface area contributed by atoms with Gasteiger partial charge in [-0.05, 0) is 82.1 Å². The lowest BCUT2D eigenvalue weighted by Crippen LogP contribution is -2.34. The number of amides is 1. The van der Waals surface area contributed by atoms with Crippen molar-refractivity contribution < 1.29 is 32.5 Å². The fraction of sp³-hybridized carbons (Fsp3) is 0.536. The predicted octanol–water partition coefficient (Wildman–Crippen LogP) is 4.13. The van der Waals surface area contributed by atoms with Crippen molar-refractivity contribution in [2.45, 2.75) is 56.7 Å². The van der Waals surface area contributed by atoms with E-state index in [-0.39, 0.29) is 36.4 Å². The number of hydrogen-bond donors (Lipinski definition) is 3. The SMILES string of the molecule is CN(Cc1cc(S(=O)(=O)NCCOCCOCCNC(=O)OC(C)(C)C)ccc1O)C1Cc2cc(Cl)cc(Cl)c2C1. The zero-order chi connectivity index (χ0) is 30.2. The lowest BCUT2D eigenvalue weighted by atomic mass is 10.1. The molecule has 0 spiro atoms. The maximum absolute atomic E-state index is 12.8. The Morgan fingerprint density at radius 3 is 2.41 bits per heavy atom. The number of rotatable bonds is 14. The van der Waals surface area contributed by atoms with Gasteiger partial charge in [-0.2, -0.15) is 0 Å². The average Bonchev–Trinajstić information content (AvgIpc) is 3.30. The Balaban J connectivity index is 1.38. The number of halogens is 2. The van der Waals surface area contributed by atoms with Crippen LogP contribution in [0.3, 0.4) is 0 Å². The van der Waals surface area contributed by atoms with E-state index in [4.69, 9.17) is 37.4 Å². The smallest absolute Gasteiger partial charge is 0.407 e. The average molecular weight is 633 g/mol. The summed E-state index contributed by atoms with van der Waals surface area (Å²) in [6.45, 7) is 7.10. The Hall–Kier alpha value is -2.12. The molecule has 0 bridgehead atoms. The molecule has 3 rings (SSSR count). The lowest BCUT2D eigenvalue weighted by Gasteiger charge is -2.24. The molecule has 1 aliphatic rings. The maximum atomic E-state index is 12.8. The van der Waals surface area contributed by atoms with E-state index in [0.29, 0.717) is 41.9 Å². The van der Waals surface area contributed by atoms with E-state index in [1.54, 1.807) is 26.8 Å². The third-order valence-corrected chi connectivity index (χ3v) is 8.39. The Labute approximate surface area is 252 Å². The summed E-state index contributed by atoms with van der Waals surface area (Å²) < 4.78 is 44.1. The zero-order valence-electron chi connectivity index (χ0n) is 23.8. The molecule has 1 atom stereocenters.